The molecule has 1 unspecified atom stereocenters. The van der Waals surface area contributed by atoms with E-state index in [9.17, 15) is 8.42 Å². The molecule has 1 saturated heterocycles. The SMILES string of the molecule is COC1CCN(S(=O)(=O)c2cn[nH]c2)C1. The number of hydrogen-bond acceptors (Lipinski definition) is 4. The Kier molecular flexibility index (Phi) is 2.76. The maximum Gasteiger partial charge on any atom is 0.246 e. The van der Waals surface area contributed by atoms with Gasteiger partial charge in [0, 0.05) is 26.4 Å². The fourth-order valence-electron chi connectivity index (χ4n) is 1.64. The number of aromatic nitrogens is 2. The van der Waals surface area contributed by atoms with Gasteiger partial charge in [0.25, 0.3) is 0 Å². The molecule has 0 aromatic carbocycles. The highest BCUT2D eigenvalue weighted by Gasteiger charge is 2.32. The van der Waals surface area contributed by atoms with Gasteiger partial charge in [-0.2, -0.15) is 9.40 Å². The predicted molar refractivity (Wildman–Crippen MR) is 52.8 cm³/mol. The minimum absolute atomic E-state index is 0.00618. The summed E-state index contributed by atoms with van der Waals surface area (Å²) in [4.78, 5) is 0.208. The summed E-state index contributed by atoms with van der Waals surface area (Å²) in [5.41, 5.74) is 0. The minimum atomic E-state index is -3.38. The fraction of sp³-hybridized carbons (Fsp3) is 0.625. The van der Waals surface area contributed by atoms with Crippen molar-refractivity contribution in [3.63, 3.8) is 0 Å². The van der Waals surface area contributed by atoms with Crippen LogP contribution < -0.4 is 0 Å². The summed E-state index contributed by atoms with van der Waals surface area (Å²) in [6.45, 7) is 0.927. The van der Waals surface area contributed by atoms with Crippen molar-refractivity contribution in [3.8, 4) is 0 Å². The van der Waals surface area contributed by atoms with Gasteiger partial charge in [-0.25, -0.2) is 8.42 Å². The molecule has 0 radical (unpaired) electrons. The lowest BCUT2D eigenvalue weighted by atomic mass is 10.3. The molecule has 1 aliphatic heterocycles. The van der Waals surface area contributed by atoms with Crippen LogP contribution in [0.2, 0.25) is 0 Å². The molecule has 1 atom stereocenters. The highest BCUT2D eigenvalue weighted by Crippen LogP contribution is 2.20. The van der Waals surface area contributed by atoms with Crippen LogP contribution in [0.4, 0.5) is 0 Å². The number of H-pyrrole nitrogens is 1. The van der Waals surface area contributed by atoms with E-state index >= 15 is 0 Å². The monoisotopic (exact) mass is 231 g/mol. The van der Waals surface area contributed by atoms with Gasteiger partial charge in [0.15, 0.2) is 0 Å². The molecule has 0 saturated carbocycles. The van der Waals surface area contributed by atoms with Crippen LogP contribution in [-0.4, -0.2) is 49.2 Å². The van der Waals surface area contributed by atoms with Gasteiger partial charge >= 0.3 is 0 Å². The first-order chi connectivity index (χ1) is 7.14. The number of methoxy groups -OCH3 is 1. The highest BCUT2D eigenvalue weighted by atomic mass is 32.2. The zero-order chi connectivity index (χ0) is 10.9. The number of rotatable bonds is 3. The molecule has 0 bridgehead atoms. The molecular formula is C8H13N3O3S. The van der Waals surface area contributed by atoms with Gasteiger partial charge in [-0.05, 0) is 6.42 Å². The van der Waals surface area contributed by atoms with Gasteiger partial charge in [0.1, 0.15) is 4.90 Å². The molecule has 1 aliphatic rings. The molecule has 2 heterocycles. The molecule has 6 nitrogen and oxygen atoms in total. The molecule has 1 aromatic rings. The van der Waals surface area contributed by atoms with Crippen LogP contribution in [0, 0.1) is 0 Å². The van der Waals surface area contributed by atoms with Gasteiger partial charge in [-0.3, -0.25) is 5.10 Å². The molecule has 0 amide bonds. The first kappa shape index (κ1) is 10.6. The normalized spacial score (nSPS) is 23.4. The molecule has 1 N–H and O–H groups in total. The van der Waals surface area contributed by atoms with Crippen molar-refractivity contribution < 1.29 is 13.2 Å². The number of ether oxygens (including phenoxy) is 1. The fourth-order valence-corrected chi connectivity index (χ4v) is 3.03. The van der Waals surface area contributed by atoms with Crippen molar-refractivity contribution in [2.45, 2.75) is 17.4 Å². The van der Waals surface area contributed by atoms with Crippen LogP contribution in [0.15, 0.2) is 17.3 Å². The number of nitrogens with zero attached hydrogens (tertiary/aromatic N) is 2. The smallest absolute Gasteiger partial charge is 0.246 e. The lowest BCUT2D eigenvalue weighted by molar-refractivity contribution is 0.115. The van der Waals surface area contributed by atoms with E-state index < -0.39 is 10.0 Å². The molecular weight excluding hydrogens is 218 g/mol. The third kappa shape index (κ3) is 1.90. The van der Waals surface area contributed by atoms with Crippen molar-refractivity contribution in [2.75, 3.05) is 20.2 Å². The summed E-state index contributed by atoms with van der Waals surface area (Å²) in [7, 11) is -1.78. The molecule has 0 aliphatic carbocycles. The van der Waals surface area contributed by atoms with Crippen molar-refractivity contribution in [3.05, 3.63) is 12.4 Å². The first-order valence-electron chi connectivity index (χ1n) is 4.66. The zero-order valence-corrected chi connectivity index (χ0v) is 9.20. The summed E-state index contributed by atoms with van der Waals surface area (Å²) in [6, 6.07) is 0. The molecule has 1 aromatic heterocycles. The van der Waals surface area contributed by atoms with Crippen molar-refractivity contribution in [2.24, 2.45) is 0 Å². The van der Waals surface area contributed by atoms with Crippen LogP contribution in [0.1, 0.15) is 6.42 Å². The molecule has 0 spiro atoms. The summed E-state index contributed by atoms with van der Waals surface area (Å²) < 4.78 is 30.5. The molecule has 15 heavy (non-hydrogen) atoms. The van der Waals surface area contributed by atoms with Gasteiger partial charge in [0.2, 0.25) is 10.0 Å². The van der Waals surface area contributed by atoms with Crippen LogP contribution >= 0.6 is 0 Å². The predicted octanol–water partition coefficient (Wildman–Crippen LogP) is -0.181. The van der Waals surface area contributed by atoms with E-state index in [0.29, 0.717) is 13.1 Å². The molecule has 1 fully saturated rings. The maximum atomic E-state index is 12.0. The third-order valence-electron chi connectivity index (χ3n) is 2.55. The van der Waals surface area contributed by atoms with Crippen LogP contribution in [0.5, 0.6) is 0 Å². The Labute approximate surface area is 88.3 Å². The third-order valence-corrected chi connectivity index (χ3v) is 4.38. The van der Waals surface area contributed by atoms with Crippen LogP contribution in [0.3, 0.4) is 0 Å². The Balaban J connectivity index is 2.18. The Morgan fingerprint density at radius 1 is 1.67 bits per heavy atom. The number of nitrogens with one attached hydrogen (secondary N) is 1. The average molecular weight is 231 g/mol. The van der Waals surface area contributed by atoms with Gasteiger partial charge in [-0.1, -0.05) is 0 Å². The summed E-state index contributed by atoms with van der Waals surface area (Å²) in [6.07, 6.45) is 3.45. The maximum absolute atomic E-state index is 12.0. The second kappa shape index (κ2) is 3.92. The van der Waals surface area contributed by atoms with E-state index in [-0.39, 0.29) is 11.0 Å². The molecule has 84 valence electrons. The van der Waals surface area contributed by atoms with E-state index in [1.807, 2.05) is 0 Å². The lowest BCUT2D eigenvalue weighted by Gasteiger charge is -2.14. The summed E-state index contributed by atoms with van der Waals surface area (Å²) in [5.74, 6) is 0. The number of hydrogen-bond donors (Lipinski definition) is 1. The van der Waals surface area contributed by atoms with E-state index in [2.05, 4.69) is 10.2 Å². The molecule has 7 heteroatoms. The van der Waals surface area contributed by atoms with Crippen molar-refractivity contribution in [1.82, 2.24) is 14.5 Å². The summed E-state index contributed by atoms with van der Waals surface area (Å²) >= 11 is 0. The van der Waals surface area contributed by atoms with Crippen LogP contribution in [-0.2, 0) is 14.8 Å². The minimum Gasteiger partial charge on any atom is -0.380 e. The Morgan fingerprint density at radius 2 is 2.47 bits per heavy atom. The number of sulfonamides is 1. The van der Waals surface area contributed by atoms with Crippen LogP contribution in [0.25, 0.3) is 0 Å². The van der Waals surface area contributed by atoms with E-state index in [0.717, 1.165) is 6.42 Å². The quantitative estimate of drug-likeness (QED) is 0.783. The first-order valence-corrected chi connectivity index (χ1v) is 6.10. The van der Waals surface area contributed by atoms with Crippen molar-refractivity contribution >= 4 is 10.0 Å². The number of aromatic amines is 1. The van der Waals surface area contributed by atoms with Gasteiger partial charge in [-0.15, -0.1) is 0 Å². The average Bonchev–Trinajstić information content (AvgIpc) is 2.89. The Bertz CT molecular complexity index is 414. The van der Waals surface area contributed by atoms with Gasteiger partial charge < -0.3 is 4.74 Å². The summed E-state index contributed by atoms with van der Waals surface area (Å²) in [5, 5.41) is 6.13. The standard InChI is InChI=1S/C8H13N3O3S/c1-14-7-2-3-11(6-7)15(12,13)8-4-9-10-5-8/h4-5,7H,2-3,6H2,1H3,(H,9,10). The zero-order valence-electron chi connectivity index (χ0n) is 8.38. The second-order valence-electron chi connectivity index (χ2n) is 3.44. The second-order valence-corrected chi connectivity index (χ2v) is 5.38. The largest absolute Gasteiger partial charge is 0.380 e. The molecule has 2 rings (SSSR count). The Morgan fingerprint density at radius 3 is 3.00 bits per heavy atom. The highest BCUT2D eigenvalue weighted by molar-refractivity contribution is 7.89. The van der Waals surface area contributed by atoms with E-state index in [4.69, 9.17) is 4.74 Å². The van der Waals surface area contributed by atoms with E-state index in [1.54, 1.807) is 7.11 Å². The lowest BCUT2D eigenvalue weighted by Crippen LogP contribution is -2.29. The Hall–Kier alpha value is -0.920. The van der Waals surface area contributed by atoms with E-state index in [1.165, 1.54) is 16.7 Å². The van der Waals surface area contributed by atoms with Crippen molar-refractivity contribution in [1.29, 1.82) is 0 Å². The van der Waals surface area contributed by atoms with Gasteiger partial charge in [0.05, 0.1) is 12.3 Å². The topological polar surface area (TPSA) is 75.3 Å².